The minimum Gasteiger partial charge on any atom is -0.369 e. The van der Waals surface area contributed by atoms with Gasteiger partial charge in [-0.3, -0.25) is 9.59 Å². The number of amides is 2. The molecular formula is C10H21N3O2. The standard InChI is InChI=1S/C10H21N3O2/c1-6(2)7(11)8(14)13-5-10(3,4)9(12)15/h6-7H,5,11H2,1-4H3,(H2,12,15)(H,13,14). The van der Waals surface area contributed by atoms with Gasteiger partial charge in [0.25, 0.3) is 0 Å². The van der Waals surface area contributed by atoms with Crippen molar-refractivity contribution >= 4 is 11.8 Å². The summed E-state index contributed by atoms with van der Waals surface area (Å²) >= 11 is 0. The number of nitrogens with two attached hydrogens (primary N) is 2. The zero-order valence-corrected chi connectivity index (χ0v) is 9.83. The van der Waals surface area contributed by atoms with E-state index in [-0.39, 0.29) is 18.4 Å². The second kappa shape index (κ2) is 5.11. The van der Waals surface area contributed by atoms with E-state index in [1.54, 1.807) is 13.8 Å². The van der Waals surface area contributed by atoms with Gasteiger partial charge in [-0.15, -0.1) is 0 Å². The van der Waals surface area contributed by atoms with Crippen LogP contribution in [0.25, 0.3) is 0 Å². The summed E-state index contributed by atoms with van der Waals surface area (Å²) in [6.45, 7) is 7.29. The lowest BCUT2D eigenvalue weighted by atomic mass is 9.92. The molecule has 0 aromatic carbocycles. The van der Waals surface area contributed by atoms with Crippen LogP contribution >= 0.6 is 0 Å². The molecule has 0 bridgehead atoms. The topological polar surface area (TPSA) is 98.2 Å². The molecule has 0 aliphatic carbocycles. The van der Waals surface area contributed by atoms with E-state index in [1.165, 1.54) is 0 Å². The summed E-state index contributed by atoms with van der Waals surface area (Å²) in [7, 11) is 0. The quantitative estimate of drug-likeness (QED) is 0.582. The van der Waals surface area contributed by atoms with Gasteiger partial charge in [0.05, 0.1) is 11.5 Å². The number of hydrogen-bond donors (Lipinski definition) is 3. The Bertz CT molecular complexity index is 249. The molecule has 5 N–H and O–H groups in total. The third-order valence-corrected chi connectivity index (χ3v) is 2.39. The van der Waals surface area contributed by atoms with Crippen molar-refractivity contribution in [1.82, 2.24) is 5.32 Å². The Morgan fingerprint density at radius 3 is 2.13 bits per heavy atom. The number of hydrogen-bond acceptors (Lipinski definition) is 3. The molecule has 2 amide bonds. The molecular weight excluding hydrogens is 194 g/mol. The second-order valence-corrected chi connectivity index (χ2v) is 4.74. The van der Waals surface area contributed by atoms with Crippen LogP contribution in [0.15, 0.2) is 0 Å². The van der Waals surface area contributed by atoms with E-state index in [9.17, 15) is 9.59 Å². The van der Waals surface area contributed by atoms with Crippen molar-refractivity contribution in [2.24, 2.45) is 22.8 Å². The van der Waals surface area contributed by atoms with Gasteiger partial charge in [0.2, 0.25) is 11.8 Å². The molecule has 88 valence electrons. The Kier molecular flexibility index (Phi) is 4.74. The van der Waals surface area contributed by atoms with Gasteiger partial charge < -0.3 is 16.8 Å². The maximum Gasteiger partial charge on any atom is 0.237 e. The van der Waals surface area contributed by atoms with Crippen LogP contribution in [0.4, 0.5) is 0 Å². The van der Waals surface area contributed by atoms with E-state index >= 15 is 0 Å². The SMILES string of the molecule is CC(C)C(N)C(=O)NCC(C)(C)C(N)=O. The number of rotatable bonds is 5. The molecule has 0 saturated heterocycles. The maximum atomic E-state index is 11.5. The lowest BCUT2D eigenvalue weighted by Crippen LogP contribution is -2.49. The van der Waals surface area contributed by atoms with Crippen molar-refractivity contribution in [3.8, 4) is 0 Å². The lowest BCUT2D eigenvalue weighted by molar-refractivity contribution is -0.127. The van der Waals surface area contributed by atoms with Gasteiger partial charge in [0.15, 0.2) is 0 Å². The molecule has 15 heavy (non-hydrogen) atoms. The Hall–Kier alpha value is -1.10. The van der Waals surface area contributed by atoms with Crippen LogP contribution < -0.4 is 16.8 Å². The average Bonchev–Trinajstić information content (AvgIpc) is 2.12. The van der Waals surface area contributed by atoms with Gasteiger partial charge in [-0.1, -0.05) is 13.8 Å². The third-order valence-electron chi connectivity index (χ3n) is 2.39. The molecule has 0 aliphatic rings. The van der Waals surface area contributed by atoms with E-state index < -0.39 is 17.4 Å². The fourth-order valence-corrected chi connectivity index (χ4v) is 0.816. The van der Waals surface area contributed by atoms with Crippen LogP contribution in [0.5, 0.6) is 0 Å². The number of carbonyl (C=O) groups is 2. The second-order valence-electron chi connectivity index (χ2n) is 4.74. The molecule has 0 aromatic heterocycles. The first-order valence-electron chi connectivity index (χ1n) is 5.01. The molecule has 0 fully saturated rings. The van der Waals surface area contributed by atoms with Crippen LogP contribution in [0.3, 0.4) is 0 Å². The monoisotopic (exact) mass is 215 g/mol. The fraction of sp³-hybridized carbons (Fsp3) is 0.800. The Labute approximate surface area is 90.6 Å². The summed E-state index contributed by atoms with van der Waals surface area (Å²) in [5, 5.41) is 2.62. The van der Waals surface area contributed by atoms with Crippen LogP contribution in [0.1, 0.15) is 27.7 Å². The van der Waals surface area contributed by atoms with E-state index in [1.807, 2.05) is 13.8 Å². The predicted molar refractivity (Wildman–Crippen MR) is 58.8 cm³/mol. The Morgan fingerprint density at radius 2 is 1.80 bits per heavy atom. The first-order chi connectivity index (χ1) is 6.68. The predicted octanol–water partition coefficient (Wildman–Crippen LogP) is -0.403. The van der Waals surface area contributed by atoms with Gasteiger partial charge in [0, 0.05) is 6.54 Å². The van der Waals surface area contributed by atoms with E-state index in [4.69, 9.17) is 11.5 Å². The largest absolute Gasteiger partial charge is 0.369 e. The number of carbonyl (C=O) groups excluding carboxylic acids is 2. The normalized spacial score (nSPS) is 13.7. The summed E-state index contributed by atoms with van der Waals surface area (Å²) in [6, 6.07) is -0.548. The third kappa shape index (κ3) is 4.29. The molecule has 1 unspecified atom stereocenters. The molecule has 0 aromatic rings. The zero-order valence-electron chi connectivity index (χ0n) is 9.83. The van der Waals surface area contributed by atoms with E-state index in [2.05, 4.69) is 5.32 Å². The van der Waals surface area contributed by atoms with Crippen molar-refractivity contribution in [2.45, 2.75) is 33.7 Å². The summed E-state index contributed by atoms with van der Waals surface area (Å²) in [5.41, 5.74) is 10.1. The first kappa shape index (κ1) is 13.9. The molecule has 0 rings (SSSR count). The molecule has 5 heteroatoms. The van der Waals surface area contributed by atoms with Crippen LogP contribution in [-0.4, -0.2) is 24.4 Å². The maximum absolute atomic E-state index is 11.5. The summed E-state index contributed by atoms with van der Waals surface area (Å²) in [4.78, 5) is 22.4. The van der Waals surface area contributed by atoms with Gasteiger partial charge in [-0.2, -0.15) is 0 Å². The van der Waals surface area contributed by atoms with Crippen LogP contribution in [0.2, 0.25) is 0 Å². The molecule has 0 spiro atoms. The van der Waals surface area contributed by atoms with Crippen molar-refractivity contribution in [1.29, 1.82) is 0 Å². The number of nitrogens with one attached hydrogen (secondary N) is 1. The molecule has 0 aliphatic heterocycles. The summed E-state index contributed by atoms with van der Waals surface area (Å²) in [6.07, 6.45) is 0. The Morgan fingerprint density at radius 1 is 1.33 bits per heavy atom. The summed E-state index contributed by atoms with van der Waals surface area (Å²) in [5.74, 6) is -0.623. The van der Waals surface area contributed by atoms with Gasteiger partial charge in [-0.05, 0) is 19.8 Å². The van der Waals surface area contributed by atoms with Crippen molar-refractivity contribution < 1.29 is 9.59 Å². The first-order valence-corrected chi connectivity index (χ1v) is 5.01. The zero-order chi connectivity index (χ0) is 12.2. The van der Waals surface area contributed by atoms with Gasteiger partial charge >= 0.3 is 0 Å². The highest BCUT2D eigenvalue weighted by atomic mass is 16.2. The van der Waals surface area contributed by atoms with Crippen LogP contribution in [0, 0.1) is 11.3 Å². The minimum atomic E-state index is -0.744. The van der Waals surface area contributed by atoms with Gasteiger partial charge in [0.1, 0.15) is 0 Å². The summed E-state index contributed by atoms with van der Waals surface area (Å²) < 4.78 is 0. The average molecular weight is 215 g/mol. The number of primary amides is 1. The minimum absolute atomic E-state index is 0.0710. The fourth-order valence-electron chi connectivity index (χ4n) is 0.816. The van der Waals surface area contributed by atoms with Crippen LogP contribution in [-0.2, 0) is 9.59 Å². The molecule has 0 radical (unpaired) electrons. The lowest BCUT2D eigenvalue weighted by Gasteiger charge is -2.23. The van der Waals surface area contributed by atoms with Crippen molar-refractivity contribution in [3.63, 3.8) is 0 Å². The van der Waals surface area contributed by atoms with Gasteiger partial charge in [-0.25, -0.2) is 0 Å². The Balaban J connectivity index is 4.18. The highest BCUT2D eigenvalue weighted by molar-refractivity contribution is 5.84. The molecule has 1 atom stereocenters. The molecule has 0 saturated carbocycles. The van der Waals surface area contributed by atoms with E-state index in [0.29, 0.717) is 0 Å². The van der Waals surface area contributed by atoms with Crippen molar-refractivity contribution in [3.05, 3.63) is 0 Å². The molecule has 5 nitrogen and oxygen atoms in total. The highest BCUT2D eigenvalue weighted by Gasteiger charge is 2.27. The smallest absolute Gasteiger partial charge is 0.237 e. The van der Waals surface area contributed by atoms with E-state index in [0.717, 1.165) is 0 Å². The molecule has 0 heterocycles. The van der Waals surface area contributed by atoms with Crippen molar-refractivity contribution in [2.75, 3.05) is 6.54 Å². The highest BCUT2D eigenvalue weighted by Crippen LogP contribution is 2.12.